The molecule has 0 aliphatic heterocycles. The molecule has 0 spiro atoms. The van der Waals surface area contributed by atoms with Crippen LogP contribution in [-0.2, 0) is 6.54 Å². The number of nitrogens with one attached hydrogen (secondary N) is 1. The van der Waals surface area contributed by atoms with Crippen molar-refractivity contribution in [2.24, 2.45) is 0 Å². The first-order chi connectivity index (χ1) is 5.74. The predicted octanol–water partition coefficient (Wildman–Crippen LogP) is 0.714. The topological polar surface area (TPSA) is 50.7 Å². The summed E-state index contributed by atoms with van der Waals surface area (Å²) < 4.78 is 0. The van der Waals surface area contributed by atoms with Crippen LogP contribution < -0.4 is 5.32 Å². The van der Waals surface area contributed by atoms with E-state index >= 15 is 0 Å². The number of hydrogen-bond acceptors (Lipinski definition) is 4. The van der Waals surface area contributed by atoms with Crippen molar-refractivity contribution in [3.63, 3.8) is 0 Å². The second-order valence-corrected chi connectivity index (χ2v) is 2.99. The average Bonchev–Trinajstić information content (AvgIpc) is 2.05. The van der Waals surface area contributed by atoms with Gasteiger partial charge in [0.05, 0.1) is 11.9 Å². The lowest BCUT2D eigenvalue weighted by Gasteiger charge is -2.03. The van der Waals surface area contributed by atoms with Crippen LogP contribution in [-0.4, -0.2) is 22.2 Å². The molecule has 1 heterocycles. The lowest BCUT2D eigenvalue weighted by molar-refractivity contribution is 0.693. The largest absolute Gasteiger partial charge is 0.314 e. The molecule has 4 heteroatoms. The van der Waals surface area contributed by atoms with Gasteiger partial charge >= 0.3 is 0 Å². The second kappa shape index (κ2) is 4.11. The van der Waals surface area contributed by atoms with Crippen LogP contribution in [0.4, 0.5) is 0 Å². The number of rotatable bonds is 3. The van der Waals surface area contributed by atoms with Crippen LogP contribution in [0.15, 0.2) is 6.20 Å². The summed E-state index contributed by atoms with van der Waals surface area (Å²) in [7, 11) is 1.89. The van der Waals surface area contributed by atoms with Crippen molar-refractivity contribution in [1.29, 1.82) is 0 Å². The second-order valence-electron chi connectivity index (χ2n) is 2.99. The van der Waals surface area contributed by atoms with Gasteiger partial charge in [0.2, 0.25) is 0 Å². The van der Waals surface area contributed by atoms with E-state index in [0.717, 1.165) is 18.1 Å². The van der Waals surface area contributed by atoms with E-state index in [2.05, 4.69) is 34.3 Å². The monoisotopic (exact) mass is 166 g/mol. The van der Waals surface area contributed by atoms with Crippen LogP contribution in [0.1, 0.15) is 31.3 Å². The van der Waals surface area contributed by atoms with E-state index in [0.29, 0.717) is 5.92 Å². The third-order valence-corrected chi connectivity index (χ3v) is 1.50. The number of hydrogen-bond donors (Lipinski definition) is 1. The summed E-state index contributed by atoms with van der Waals surface area (Å²) in [6.07, 6.45) is 1.68. The van der Waals surface area contributed by atoms with Gasteiger partial charge in [-0.1, -0.05) is 13.8 Å². The average molecular weight is 166 g/mol. The van der Waals surface area contributed by atoms with E-state index in [9.17, 15) is 0 Å². The van der Waals surface area contributed by atoms with Gasteiger partial charge in [-0.05, 0) is 7.05 Å². The summed E-state index contributed by atoms with van der Waals surface area (Å²) in [5.74, 6) is 1.15. The van der Waals surface area contributed by atoms with Gasteiger partial charge in [0, 0.05) is 12.5 Å². The molecule has 12 heavy (non-hydrogen) atoms. The summed E-state index contributed by atoms with van der Waals surface area (Å²) in [6, 6.07) is 0. The molecule has 0 fully saturated rings. The molecule has 4 nitrogen and oxygen atoms in total. The zero-order chi connectivity index (χ0) is 8.97. The lowest BCUT2D eigenvalue weighted by atomic mass is 10.2. The molecule has 0 radical (unpaired) electrons. The van der Waals surface area contributed by atoms with Crippen molar-refractivity contribution in [3.8, 4) is 0 Å². The Morgan fingerprint density at radius 2 is 2.25 bits per heavy atom. The fraction of sp³-hybridized carbons (Fsp3) is 0.625. The maximum atomic E-state index is 4.33. The molecular formula is C8H14N4. The predicted molar refractivity (Wildman–Crippen MR) is 46.7 cm³/mol. The van der Waals surface area contributed by atoms with E-state index in [1.54, 1.807) is 6.20 Å². The van der Waals surface area contributed by atoms with Crippen molar-refractivity contribution in [2.45, 2.75) is 26.3 Å². The molecule has 1 N–H and O–H groups in total. The Labute approximate surface area is 72.4 Å². The highest BCUT2D eigenvalue weighted by Gasteiger charge is 2.03. The van der Waals surface area contributed by atoms with Gasteiger partial charge in [0.15, 0.2) is 5.82 Å². The highest BCUT2D eigenvalue weighted by molar-refractivity contribution is 4.98. The molecule has 0 aromatic carbocycles. The van der Waals surface area contributed by atoms with Crippen molar-refractivity contribution < 1.29 is 0 Å². The van der Waals surface area contributed by atoms with E-state index in [1.165, 1.54) is 0 Å². The Morgan fingerprint density at radius 3 is 2.83 bits per heavy atom. The molecule has 66 valence electrons. The van der Waals surface area contributed by atoms with Crippen molar-refractivity contribution >= 4 is 0 Å². The molecule has 0 aliphatic carbocycles. The Kier molecular flexibility index (Phi) is 3.10. The molecule has 1 aromatic heterocycles. The van der Waals surface area contributed by atoms with Crippen LogP contribution >= 0.6 is 0 Å². The van der Waals surface area contributed by atoms with Crippen molar-refractivity contribution in [3.05, 3.63) is 17.7 Å². The molecule has 0 bridgehead atoms. The maximum absolute atomic E-state index is 4.33. The van der Waals surface area contributed by atoms with Gasteiger partial charge in [0.25, 0.3) is 0 Å². The van der Waals surface area contributed by atoms with E-state index < -0.39 is 0 Å². The van der Waals surface area contributed by atoms with Crippen LogP contribution in [0, 0.1) is 0 Å². The standard InChI is InChI=1S/C8H14N4/c1-6(2)8-11-7(4-9-3)5-10-12-8/h5-6,9H,4H2,1-3H3. The summed E-state index contributed by atoms with van der Waals surface area (Å²) in [5.41, 5.74) is 0.941. The van der Waals surface area contributed by atoms with Gasteiger partial charge in [-0.15, -0.1) is 5.10 Å². The van der Waals surface area contributed by atoms with Gasteiger partial charge in [0.1, 0.15) is 0 Å². The Bertz CT molecular complexity index is 247. The first-order valence-corrected chi connectivity index (χ1v) is 4.07. The third kappa shape index (κ3) is 2.23. The molecule has 0 amide bonds. The van der Waals surface area contributed by atoms with Crippen molar-refractivity contribution in [1.82, 2.24) is 20.5 Å². The highest BCUT2D eigenvalue weighted by Crippen LogP contribution is 2.06. The normalized spacial score (nSPS) is 10.7. The zero-order valence-electron chi connectivity index (χ0n) is 7.70. The van der Waals surface area contributed by atoms with E-state index in [4.69, 9.17) is 0 Å². The lowest BCUT2D eigenvalue weighted by Crippen LogP contribution is -2.10. The minimum Gasteiger partial charge on any atom is -0.314 e. The molecule has 0 atom stereocenters. The summed E-state index contributed by atoms with van der Waals surface area (Å²) in [4.78, 5) is 4.33. The molecule has 1 aromatic rings. The number of nitrogens with zero attached hydrogens (tertiary/aromatic N) is 3. The Morgan fingerprint density at radius 1 is 1.50 bits per heavy atom. The summed E-state index contributed by atoms with van der Waals surface area (Å²) >= 11 is 0. The zero-order valence-corrected chi connectivity index (χ0v) is 7.70. The molecular weight excluding hydrogens is 152 g/mol. The first kappa shape index (κ1) is 9.06. The molecule has 0 aliphatic rings. The molecule has 0 unspecified atom stereocenters. The van der Waals surface area contributed by atoms with Gasteiger partial charge in [-0.3, -0.25) is 0 Å². The van der Waals surface area contributed by atoms with Gasteiger partial charge in [-0.25, -0.2) is 4.98 Å². The minimum absolute atomic E-state index is 0.342. The van der Waals surface area contributed by atoms with E-state index in [-0.39, 0.29) is 0 Å². The maximum Gasteiger partial charge on any atom is 0.153 e. The first-order valence-electron chi connectivity index (χ1n) is 4.07. The van der Waals surface area contributed by atoms with Gasteiger partial charge in [-0.2, -0.15) is 5.10 Å². The molecule has 0 saturated heterocycles. The fourth-order valence-electron chi connectivity index (χ4n) is 0.864. The summed E-state index contributed by atoms with van der Waals surface area (Å²) in [5, 5.41) is 10.8. The highest BCUT2D eigenvalue weighted by atomic mass is 15.1. The fourth-order valence-corrected chi connectivity index (χ4v) is 0.864. The Hall–Kier alpha value is -1.03. The van der Waals surface area contributed by atoms with Crippen LogP contribution in [0.3, 0.4) is 0 Å². The van der Waals surface area contributed by atoms with Crippen LogP contribution in [0.5, 0.6) is 0 Å². The Balaban J connectivity index is 2.81. The number of aromatic nitrogens is 3. The minimum atomic E-state index is 0.342. The van der Waals surface area contributed by atoms with E-state index in [1.807, 2.05) is 7.05 Å². The third-order valence-electron chi connectivity index (χ3n) is 1.50. The molecule has 0 saturated carbocycles. The van der Waals surface area contributed by atoms with Crippen LogP contribution in [0.2, 0.25) is 0 Å². The van der Waals surface area contributed by atoms with Gasteiger partial charge < -0.3 is 5.32 Å². The SMILES string of the molecule is CNCc1cnnc(C(C)C)n1. The smallest absolute Gasteiger partial charge is 0.153 e. The van der Waals surface area contributed by atoms with Crippen molar-refractivity contribution in [2.75, 3.05) is 7.05 Å². The molecule has 1 rings (SSSR count). The quantitative estimate of drug-likeness (QED) is 0.718. The summed E-state index contributed by atoms with van der Waals surface area (Å²) in [6.45, 7) is 4.86. The van der Waals surface area contributed by atoms with Crippen LogP contribution in [0.25, 0.3) is 0 Å².